The molecule has 0 N–H and O–H groups in total. The van der Waals surface area contributed by atoms with Crippen molar-refractivity contribution in [3.8, 4) is 0 Å². The molecule has 0 unspecified atom stereocenters. The van der Waals surface area contributed by atoms with Crippen molar-refractivity contribution in [1.29, 1.82) is 0 Å². The van der Waals surface area contributed by atoms with E-state index in [2.05, 4.69) is 16.9 Å². The third-order valence-electron chi connectivity index (χ3n) is 3.07. The standard InChI is InChI=1S/C12H17ClN2O/c1-15(11-4-7-16-8-5-11)9-10-3-2-6-14-12(10)13/h2-3,6,11H,4-5,7-9H2,1H3. The molecule has 1 aliphatic rings. The minimum atomic E-state index is 0.602. The van der Waals surface area contributed by atoms with Crippen LogP contribution in [0, 0.1) is 0 Å². The Balaban J connectivity index is 1.96. The zero-order valence-electron chi connectivity index (χ0n) is 9.53. The largest absolute Gasteiger partial charge is 0.381 e. The molecule has 0 bridgehead atoms. The third kappa shape index (κ3) is 2.94. The maximum absolute atomic E-state index is 6.04. The molecule has 0 amide bonds. The van der Waals surface area contributed by atoms with E-state index in [1.807, 2.05) is 12.1 Å². The van der Waals surface area contributed by atoms with Gasteiger partial charge in [-0.3, -0.25) is 4.90 Å². The van der Waals surface area contributed by atoms with Crippen molar-refractivity contribution in [1.82, 2.24) is 9.88 Å². The van der Waals surface area contributed by atoms with Gasteiger partial charge in [-0.15, -0.1) is 0 Å². The minimum Gasteiger partial charge on any atom is -0.381 e. The molecule has 1 fully saturated rings. The fourth-order valence-corrected chi connectivity index (χ4v) is 2.24. The van der Waals surface area contributed by atoms with Gasteiger partial charge in [0.1, 0.15) is 5.15 Å². The van der Waals surface area contributed by atoms with Crippen LogP contribution in [0.4, 0.5) is 0 Å². The quantitative estimate of drug-likeness (QED) is 0.759. The van der Waals surface area contributed by atoms with E-state index in [9.17, 15) is 0 Å². The molecule has 1 aromatic heterocycles. The molecule has 16 heavy (non-hydrogen) atoms. The Morgan fingerprint density at radius 1 is 1.50 bits per heavy atom. The smallest absolute Gasteiger partial charge is 0.133 e. The first-order chi connectivity index (χ1) is 7.77. The van der Waals surface area contributed by atoms with Gasteiger partial charge in [-0.05, 0) is 26.0 Å². The van der Waals surface area contributed by atoms with Gasteiger partial charge in [0.05, 0.1) is 0 Å². The van der Waals surface area contributed by atoms with Gasteiger partial charge in [0.25, 0.3) is 0 Å². The third-order valence-corrected chi connectivity index (χ3v) is 3.41. The van der Waals surface area contributed by atoms with Crippen LogP contribution in [0.5, 0.6) is 0 Å². The van der Waals surface area contributed by atoms with Gasteiger partial charge in [-0.2, -0.15) is 0 Å². The Kier molecular flexibility index (Phi) is 4.16. The highest BCUT2D eigenvalue weighted by Gasteiger charge is 2.18. The number of pyridine rings is 1. The average molecular weight is 241 g/mol. The van der Waals surface area contributed by atoms with E-state index in [-0.39, 0.29) is 0 Å². The fourth-order valence-electron chi connectivity index (χ4n) is 2.06. The number of nitrogens with zero attached hydrogens (tertiary/aromatic N) is 2. The first-order valence-electron chi connectivity index (χ1n) is 5.65. The highest BCUT2D eigenvalue weighted by Crippen LogP contribution is 2.18. The van der Waals surface area contributed by atoms with Crippen LogP contribution in [0.15, 0.2) is 18.3 Å². The van der Waals surface area contributed by atoms with Crippen molar-refractivity contribution in [3.05, 3.63) is 29.0 Å². The van der Waals surface area contributed by atoms with Gasteiger partial charge in [-0.25, -0.2) is 4.98 Å². The second-order valence-corrected chi connectivity index (χ2v) is 4.57. The summed E-state index contributed by atoms with van der Waals surface area (Å²) in [6, 6.07) is 4.56. The molecule has 0 atom stereocenters. The number of ether oxygens (including phenoxy) is 1. The van der Waals surface area contributed by atoms with E-state index >= 15 is 0 Å². The molecule has 2 heterocycles. The molecular formula is C12H17ClN2O. The van der Waals surface area contributed by atoms with Crippen LogP contribution < -0.4 is 0 Å². The van der Waals surface area contributed by atoms with Crippen molar-refractivity contribution in [2.24, 2.45) is 0 Å². The Bertz CT molecular complexity index is 340. The van der Waals surface area contributed by atoms with Gasteiger partial charge < -0.3 is 4.74 Å². The van der Waals surface area contributed by atoms with Crippen LogP contribution >= 0.6 is 11.6 Å². The van der Waals surface area contributed by atoms with E-state index in [4.69, 9.17) is 16.3 Å². The first-order valence-corrected chi connectivity index (χ1v) is 6.02. The highest BCUT2D eigenvalue weighted by molar-refractivity contribution is 6.30. The molecule has 0 spiro atoms. The summed E-state index contributed by atoms with van der Waals surface area (Å²) >= 11 is 6.04. The summed E-state index contributed by atoms with van der Waals surface area (Å²) in [5.74, 6) is 0. The van der Waals surface area contributed by atoms with Crippen molar-refractivity contribution in [2.45, 2.75) is 25.4 Å². The first kappa shape index (κ1) is 11.8. The van der Waals surface area contributed by atoms with Gasteiger partial charge in [0.2, 0.25) is 0 Å². The van der Waals surface area contributed by atoms with Crippen molar-refractivity contribution in [2.75, 3.05) is 20.3 Å². The molecule has 1 saturated heterocycles. The summed E-state index contributed by atoms with van der Waals surface area (Å²) in [6.45, 7) is 2.60. The Morgan fingerprint density at radius 2 is 2.25 bits per heavy atom. The van der Waals surface area contributed by atoms with E-state index < -0.39 is 0 Å². The summed E-state index contributed by atoms with van der Waals surface area (Å²) < 4.78 is 5.36. The number of rotatable bonds is 3. The topological polar surface area (TPSA) is 25.4 Å². The molecule has 0 radical (unpaired) electrons. The lowest BCUT2D eigenvalue weighted by molar-refractivity contribution is 0.0407. The van der Waals surface area contributed by atoms with Gasteiger partial charge in [0, 0.05) is 37.6 Å². The number of hydrogen-bond donors (Lipinski definition) is 0. The zero-order chi connectivity index (χ0) is 11.4. The van der Waals surface area contributed by atoms with Crippen LogP contribution in [-0.2, 0) is 11.3 Å². The van der Waals surface area contributed by atoms with E-state index in [0.29, 0.717) is 11.2 Å². The summed E-state index contributed by atoms with van der Waals surface area (Å²) in [5, 5.41) is 0.612. The van der Waals surface area contributed by atoms with Crippen LogP contribution in [0.1, 0.15) is 18.4 Å². The fraction of sp³-hybridized carbons (Fsp3) is 0.583. The Hall–Kier alpha value is -0.640. The van der Waals surface area contributed by atoms with Crippen LogP contribution in [0.3, 0.4) is 0 Å². The molecule has 4 heteroatoms. The van der Waals surface area contributed by atoms with E-state index in [1.54, 1.807) is 6.20 Å². The molecule has 1 aromatic rings. The second kappa shape index (κ2) is 5.62. The molecule has 3 nitrogen and oxygen atoms in total. The second-order valence-electron chi connectivity index (χ2n) is 4.21. The zero-order valence-corrected chi connectivity index (χ0v) is 10.3. The van der Waals surface area contributed by atoms with E-state index in [0.717, 1.165) is 38.2 Å². The number of halogens is 1. The monoisotopic (exact) mass is 240 g/mol. The van der Waals surface area contributed by atoms with Crippen molar-refractivity contribution >= 4 is 11.6 Å². The normalized spacial score (nSPS) is 17.9. The minimum absolute atomic E-state index is 0.602. The van der Waals surface area contributed by atoms with Crippen molar-refractivity contribution in [3.63, 3.8) is 0 Å². The number of hydrogen-bond acceptors (Lipinski definition) is 3. The summed E-state index contributed by atoms with van der Waals surface area (Å²) in [5.41, 5.74) is 1.10. The number of aromatic nitrogens is 1. The molecular weight excluding hydrogens is 224 g/mol. The van der Waals surface area contributed by atoms with Crippen molar-refractivity contribution < 1.29 is 4.74 Å². The van der Waals surface area contributed by atoms with E-state index in [1.165, 1.54) is 0 Å². The molecule has 88 valence electrons. The predicted molar refractivity (Wildman–Crippen MR) is 64.6 cm³/mol. The summed E-state index contributed by atoms with van der Waals surface area (Å²) in [6.07, 6.45) is 3.93. The molecule has 1 aliphatic heterocycles. The van der Waals surface area contributed by atoms with Crippen LogP contribution in [0.2, 0.25) is 5.15 Å². The lowest BCUT2D eigenvalue weighted by atomic mass is 10.1. The predicted octanol–water partition coefficient (Wildman–Crippen LogP) is 2.35. The van der Waals surface area contributed by atoms with Gasteiger partial charge >= 0.3 is 0 Å². The lowest BCUT2D eigenvalue weighted by Crippen LogP contribution is -2.36. The maximum atomic E-state index is 6.04. The van der Waals surface area contributed by atoms with Crippen LogP contribution in [0.25, 0.3) is 0 Å². The SMILES string of the molecule is CN(Cc1cccnc1Cl)C1CCOCC1. The maximum Gasteiger partial charge on any atom is 0.133 e. The molecule has 2 rings (SSSR count). The highest BCUT2D eigenvalue weighted by atomic mass is 35.5. The molecule has 0 saturated carbocycles. The van der Waals surface area contributed by atoms with Gasteiger partial charge in [-0.1, -0.05) is 17.7 Å². The summed E-state index contributed by atoms with van der Waals surface area (Å²) in [4.78, 5) is 6.43. The Morgan fingerprint density at radius 3 is 2.94 bits per heavy atom. The lowest BCUT2D eigenvalue weighted by Gasteiger charge is -2.31. The van der Waals surface area contributed by atoms with Crippen LogP contribution in [-0.4, -0.2) is 36.2 Å². The average Bonchev–Trinajstić information content (AvgIpc) is 2.33. The molecule has 0 aromatic carbocycles. The molecule has 0 aliphatic carbocycles. The summed E-state index contributed by atoms with van der Waals surface area (Å²) in [7, 11) is 2.14. The Labute approximate surface area is 101 Å². The van der Waals surface area contributed by atoms with Gasteiger partial charge in [0.15, 0.2) is 0 Å².